The molecular weight excluding hydrogens is 518 g/mol. The van der Waals surface area contributed by atoms with E-state index in [1.165, 1.54) is 5.56 Å². The summed E-state index contributed by atoms with van der Waals surface area (Å²) in [5, 5.41) is 14.9. The van der Waals surface area contributed by atoms with Crippen LogP contribution >= 0.6 is 0 Å². The number of piperidine rings is 1. The molecule has 5 rings (SSSR count). The molecule has 0 radical (unpaired) electrons. The van der Waals surface area contributed by atoms with E-state index < -0.39 is 17.6 Å². The van der Waals surface area contributed by atoms with E-state index in [4.69, 9.17) is 9.84 Å². The number of carbonyl (C=O) groups excluding carboxylic acids is 2. The molecule has 1 unspecified atom stereocenters. The zero-order valence-corrected chi connectivity index (χ0v) is 23.3. The van der Waals surface area contributed by atoms with Crippen molar-refractivity contribution in [3.63, 3.8) is 0 Å². The number of ether oxygens (including phenoxy) is 1. The number of amides is 2. The Morgan fingerprint density at radius 2 is 1.51 bits per heavy atom. The minimum absolute atomic E-state index is 0.0437. The van der Waals surface area contributed by atoms with Crippen LogP contribution < -0.4 is 10.6 Å². The van der Waals surface area contributed by atoms with Gasteiger partial charge in [0.2, 0.25) is 5.91 Å². The fourth-order valence-corrected chi connectivity index (χ4v) is 5.98. The monoisotopic (exact) mass is 555 g/mol. The van der Waals surface area contributed by atoms with Crippen molar-refractivity contribution in [1.82, 2.24) is 15.5 Å². The quantitative estimate of drug-likeness (QED) is 0.332. The van der Waals surface area contributed by atoms with Crippen molar-refractivity contribution in [1.29, 1.82) is 0 Å². The molecular formula is C33H37N3O5. The number of likely N-dealkylation sites (tertiary alicyclic amines) is 1. The van der Waals surface area contributed by atoms with Gasteiger partial charge in [0.25, 0.3) is 0 Å². The minimum Gasteiger partial charge on any atom is -0.481 e. The van der Waals surface area contributed by atoms with Crippen LogP contribution in [0.4, 0.5) is 4.79 Å². The van der Waals surface area contributed by atoms with Gasteiger partial charge in [-0.2, -0.15) is 0 Å². The van der Waals surface area contributed by atoms with Crippen molar-refractivity contribution in [2.24, 2.45) is 5.92 Å². The van der Waals surface area contributed by atoms with Crippen LogP contribution in [0.3, 0.4) is 0 Å². The molecule has 0 aromatic heterocycles. The Kier molecular flexibility index (Phi) is 8.69. The summed E-state index contributed by atoms with van der Waals surface area (Å²) in [6, 6.07) is 26.5. The summed E-state index contributed by atoms with van der Waals surface area (Å²) in [4.78, 5) is 40.2. The number of carbonyl (C=O) groups is 3. The predicted octanol–water partition coefficient (Wildman–Crippen LogP) is 4.79. The molecule has 0 saturated carbocycles. The number of nitrogens with one attached hydrogen (secondary N) is 2. The molecule has 0 spiro atoms. The number of carboxylic acids is 1. The molecule has 3 aromatic rings. The SMILES string of the molecule is CC(CNC(=O)C1(NC(=O)OCC2c3ccccc3-c3ccccc32)CCN(Cc2ccccc2)CC1)CC(=O)O. The molecule has 8 heteroatoms. The summed E-state index contributed by atoms with van der Waals surface area (Å²) in [6.07, 6.45) is 0.168. The van der Waals surface area contributed by atoms with Gasteiger partial charge in [-0.15, -0.1) is 0 Å². The van der Waals surface area contributed by atoms with E-state index in [2.05, 4.69) is 51.9 Å². The van der Waals surface area contributed by atoms with E-state index in [0.29, 0.717) is 25.9 Å². The van der Waals surface area contributed by atoms with E-state index in [-0.39, 0.29) is 37.3 Å². The summed E-state index contributed by atoms with van der Waals surface area (Å²) in [7, 11) is 0. The third kappa shape index (κ3) is 6.60. The molecule has 1 heterocycles. The number of hydrogen-bond acceptors (Lipinski definition) is 5. The standard InChI is InChI=1S/C33H37N3O5/c1-23(19-30(37)38)20-34-31(39)33(15-17-36(18-16-33)21-24-9-3-2-4-10-24)35-32(40)41-22-29-27-13-7-5-11-25(27)26-12-6-8-14-28(26)29/h2-14,23,29H,15-22H2,1H3,(H,34,39)(H,35,40)(H,37,38). The Bertz CT molecular complexity index is 1340. The summed E-state index contributed by atoms with van der Waals surface area (Å²) in [5.41, 5.74) is 4.59. The lowest BCUT2D eigenvalue weighted by atomic mass is 9.86. The van der Waals surface area contributed by atoms with Gasteiger partial charge in [0.1, 0.15) is 12.1 Å². The first-order valence-corrected chi connectivity index (χ1v) is 14.2. The molecule has 3 aromatic carbocycles. The molecule has 1 aliphatic carbocycles. The number of rotatable bonds is 10. The maximum Gasteiger partial charge on any atom is 0.408 e. The van der Waals surface area contributed by atoms with Gasteiger partial charge < -0.3 is 20.5 Å². The van der Waals surface area contributed by atoms with E-state index in [0.717, 1.165) is 28.8 Å². The van der Waals surface area contributed by atoms with Crippen LogP contribution in [0, 0.1) is 5.92 Å². The minimum atomic E-state index is -1.14. The Labute approximate surface area is 240 Å². The van der Waals surface area contributed by atoms with Crippen LogP contribution in [0.1, 0.15) is 48.8 Å². The Balaban J connectivity index is 1.26. The molecule has 8 nitrogen and oxygen atoms in total. The van der Waals surface area contributed by atoms with Gasteiger partial charge in [0.05, 0.1) is 0 Å². The smallest absolute Gasteiger partial charge is 0.408 e. The molecule has 1 fully saturated rings. The molecule has 1 aliphatic heterocycles. The molecule has 1 atom stereocenters. The summed E-state index contributed by atoms with van der Waals surface area (Å²) in [6.45, 7) is 4.16. The van der Waals surface area contributed by atoms with E-state index in [1.54, 1.807) is 6.92 Å². The van der Waals surface area contributed by atoms with Crippen molar-refractivity contribution in [3.05, 3.63) is 95.6 Å². The Morgan fingerprint density at radius 3 is 2.12 bits per heavy atom. The average Bonchev–Trinajstić information content (AvgIpc) is 3.30. The lowest BCUT2D eigenvalue weighted by Crippen LogP contribution is -2.63. The predicted molar refractivity (Wildman–Crippen MR) is 156 cm³/mol. The molecule has 1 saturated heterocycles. The highest BCUT2D eigenvalue weighted by Gasteiger charge is 2.43. The topological polar surface area (TPSA) is 108 Å². The summed E-state index contributed by atoms with van der Waals surface area (Å²) in [5.74, 6) is -1.53. The third-order valence-electron chi connectivity index (χ3n) is 8.21. The maximum absolute atomic E-state index is 13.6. The number of benzene rings is 3. The number of hydrogen-bond donors (Lipinski definition) is 3. The largest absolute Gasteiger partial charge is 0.481 e. The normalized spacial score (nSPS) is 16.7. The van der Waals surface area contributed by atoms with Crippen LogP contribution in [0.5, 0.6) is 0 Å². The fraction of sp³-hybridized carbons (Fsp3) is 0.364. The first-order chi connectivity index (χ1) is 19.8. The number of alkyl carbamates (subject to hydrolysis) is 1. The Hall–Kier alpha value is -4.17. The maximum atomic E-state index is 13.6. The van der Waals surface area contributed by atoms with Gasteiger partial charge in [-0.05, 0) is 46.6 Å². The summed E-state index contributed by atoms with van der Waals surface area (Å²) >= 11 is 0. The number of carboxylic acid groups (broad SMARTS) is 1. The van der Waals surface area contributed by atoms with E-state index in [9.17, 15) is 14.4 Å². The van der Waals surface area contributed by atoms with Crippen molar-refractivity contribution in [3.8, 4) is 11.1 Å². The van der Waals surface area contributed by atoms with Crippen LogP contribution in [0.15, 0.2) is 78.9 Å². The second-order valence-corrected chi connectivity index (χ2v) is 11.2. The van der Waals surface area contributed by atoms with Gasteiger partial charge >= 0.3 is 12.1 Å². The Morgan fingerprint density at radius 1 is 0.927 bits per heavy atom. The first kappa shape index (κ1) is 28.4. The highest BCUT2D eigenvalue weighted by atomic mass is 16.5. The second kappa shape index (κ2) is 12.6. The molecule has 41 heavy (non-hydrogen) atoms. The molecule has 2 amide bonds. The van der Waals surface area contributed by atoms with Crippen molar-refractivity contribution in [2.75, 3.05) is 26.2 Å². The second-order valence-electron chi connectivity index (χ2n) is 11.2. The molecule has 2 aliphatic rings. The van der Waals surface area contributed by atoms with Gasteiger partial charge in [0.15, 0.2) is 0 Å². The third-order valence-corrected chi connectivity index (χ3v) is 8.21. The molecule has 3 N–H and O–H groups in total. The van der Waals surface area contributed by atoms with E-state index >= 15 is 0 Å². The van der Waals surface area contributed by atoms with E-state index in [1.807, 2.05) is 42.5 Å². The fourth-order valence-electron chi connectivity index (χ4n) is 5.98. The number of nitrogens with zero attached hydrogens (tertiary/aromatic N) is 1. The number of aliphatic carboxylic acids is 1. The van der Waals surface area contributed by atoms with Crippen molar-refractivity contribution >= 4 is 18.0 Å². The average molecular weight is 556 g/mol. The van der Waals surface area contributed by atoms with Gasteiger partial charge in [-0.25, -0.2) is 4.79 Å². The highest BCUT2D eigenvalue weighted by Crippen LogP contribution is 2.44. The zero-order chi connectivity index (χ0) is 28.8. The van der Waals surface area contributed by atoms with Crippen LogP contribution in [0.2, 0.25) is 0 Å². The number of fused-ring (bicyclic) bond motifs is 3. The van der Waals surface area contributed by atoms with Crippen LogP contribution in [-0.4, -0.2) is 59.8 Å². The van der Waals surface area contributed by atoms with Crippen LogP contribution in [0.25, 0.3) is 11.1 Å². The van der Waals surface area contributed by atoms with Gasteiger partial charge in [0, 0.05) is 38.5 Å². The van der Waals surface area contributed by atoms with Crippen LogP contribution in [-0.2, 0) is 20.9 Å². The zero-order valence-electron chi connectivity index (χ0n) is 23.3. The van der Waals surface area contributed by atoms with Crippen molar-refractivity contribution in [2.45, 2.75) is 44.2 Å². The lowest BCUT2D eigenvalue weighted by molar-refractivity contribution is -0.138. The molecule has 214 valence electrons. The molecule has 0 bridgehead atoms. The summed E-state index contributed by atoms with van der Waals surface area (Å²) < 4.78 is 5.80. The first-order valence-electron chi connectivity index (χ1n) is 14.2. The van der Waals surface area contributed by atoms with Gasteiger partial charge in [-0.3, -0.25) is 14.5 Å². The van der Waals surface area contributed by atoms with Crippen molar-refractivity contribution < 1.29 is 24.2 Å². The highest BCUT2D eigenvalue weighted by molar-refractivity contribution is 5.90. The van der Waals surface area contributed by atoms with Gasteiger partial charge in [-0.1, -0.05) is 85.8 Å². The lowest BCUT2D eigenvalue weighted by Gasteiger charge is -2.41.